The zero-order valence-corrected chi connectivity index (χ0v) is 14.5. The van der Waals surface area contributed by atoms with Crippen molar-refractivity contribution in [2.75, 3.05) is 13.7 Å². The van der Waals surface area contributed by atoms with Crippen molar-refractivity contribution in [3.05, 3.63) is 60.1 Å². The van der Waals surface area contributed by atoms with E-state index in [9.17, 15) is 4.79 Å². The molecular formula is C19H20N4O3. The second kappa shape index (κ2) is 8.75. The molecule has 3 rings (SSSR count). The number of nitrogens with zero attached hydrogens (tertiary/aromatic N) is 3. The second-order valence-electron chi connectivity index (χ2n) is 5.67. The van der Waals surface area contributed by atoms with Gasteiger partial charge >= 0.3 is 0 Å². The van der Waals surface area contributed by atoms with Crippen LogP contribution in [-0.2, 0) is 17.6 Å². The average molecular weight is 352 g/mol. The SMILES string of the molecule is COc1cccc(CCNC(=O)CCc2nnc(-c3ccccn3)o2)c1. The molecule has 0 radical (unpaired) electrons. The van der Waals surface area contributed by atoms with Gasteiger partial charge in [-0.15, -0.1) is 10.2 Å². The summed E-state index contributed by atoms with van der Waals surface area (Å²) in [5, 5.41) is 10.8. The summed E-state index contributed by atoms with van der Waals surface area (Å²) in [6.45, 7) is 0.565. The van der Waals surface area contributed by atoms with Crippen molar-refractivity contribution in [3.8, 4) is 17.3 Å². The van der Waals surface area contributed by atoms with Crippen molar-refractivity contribution in [1.29, 1.82) is 0 Å². The van der Waals surface area contributed by atoms with E-state index in [4.69, 9.17) is 9.15 Å². The minimum atomic E-state index is -0.0505. The minimum absolute atomic E-state index is 0.0505. The highest BCUT2D eigenvalue weighted by Crippen LogP contribution is 2.15. The molecule has 0 saturated carbocycles. The molecule has 0 bridgehead atoms. The number of rotatable bonds is 8. The van der Waals surface area contributed by atoms with Crippen LogP contribution in [0.15, 0.2) is 53.1 Å². The number of amides is 1. The first-order chi connectivity index (χ1) is 12.7. The molecule has 1 N–H and O–H groups in total. The lowest BCUT2D eigenvalue weighted by Gasteiger charge is -2.06. The molecule has 0 aliphatic heterocycles. The molecule has 2 aromatic heterocycles. The normalized spacial score (nSPS) is 10.5. The summed E-state index contributed by atoms with van der Waals surface area (Å²) in [6.07, 6.45) is 3.09. The maximum Gasteiger partial charge on any atom is 0.266 e. The molecule has 0 aliphatic rings. The Bertz CT molecular complexity index is 849. The molecule has 0 saturated heterocycles. The van der Waals surface area contributed by atoms with E-state index in [1.807, 2.05) is 36.4 Å². The fourth-order valence-electron chi connectivity index (χ4n) is 2.43. The van der Waals surface area contributed by atoms with Crippen LogP contribution in [0.2, 0.25) is 0 Å². The first-order valence-electron chi connectivity index (χ1n) is 8.38. The molecule has 2 heterocycles. The highest BCUT2D eigenvalue weighted by molar-refractivity contribution is 5.76. The maximum absolute atomic E-state index is 12.0. The van der Waals surface area contributed by atoms with E-state index in [-0.39, 0.29) is 5.91 Å². The number of ether oxygens (including phenoxy) is 1. The van der Waals surface area contributed by atoms with Crippen LogP contribution < -0.4 is 10.1 Å². The number of aromatic nitrogens is 3. The van der Waals surface area contributed by atoms with Crippen LogP contribution in [0.4, 0.5) is 0 Å². The first-order valence-corrected chi connectivity index (χ1v) is 8.38. The van der Waals surface area contributed by atoms with Crippen molar-refractivity contribution in [2.45, 2.75) is 19.3 Å². The number of aryl methyl sites for hydroxylation is 1. The third-order valence-electron chi connectivity index (χ3n) is 3.79. The zero-order chi connectivity index (χ0) is 18.2. The van der Waals surface area contributed by atoms with Gasteiger partial charge in [0, 0.05) is 25.6 Å². The van der Waals surface area contributed by atoms with E-state index in [2.05, 4.69) is 20.5 Å². The summed E-state index contributed by atoms with van der Waals surface area (Å²) in [5.41, 5.74) is 1.73. The molecule has 7 heteroatoms. The Labute approximate surface area is 151 Å². The maximum atomic E-state index is 12.0. The van der Waals surface area contributed by atoms with Gasteiger partial charge in [0.15, 0.2) is 0 Å². The van der Waals surface area contributed by atoms with Crippen molar-refractivity contribution in [3.63, 3.8) is 0 Å². The number of pyridine rings is 1. The topological polar surface area (TPSA) is 90.1 Å². The zero-order valence-electron chi connectivity index (χ0n) is 14.5. The minimum Gasteiger partial charge on any atom is -0.497 e. The Morgan fingerprint density at radius 2 is 2.08 bits per heavy atom. The Hall–Kier alpha value is -3.22. The predicted octanol–water partition coefficient (Wildman–Crippen LogP) is 2.43. The van der Waals surface area contributed by atoms with Crippen LogP contribution in [0, 0.1) is 0 Å². The summed E-state index contributed by atoms with van der Waals surface area (Å²) < 4.78 is 10.7. The van der Waals surface area contributed by atoms with Crippen LogP contribution >= 0.6 is 0 Å². The van der Waals surface area contributed by atoms with Crippen LogP contribution in [0.1, 0.15) is 17.9 Å². The Morgan fingerprint density at radius 3 is 2.88 bits per heavy atom. The predicted molar refractivity (Wildman–Crippen MR) is 95.6 cm³/mol. The Balaban J connectivity index is 1.42. The molecule has 1 amide bonds. The van der Waals surface area contributed by atoms with Crippen molar-refractivity contribution in [2.24, 2.45) is 0 Å². The molecule has 0 aliphatic carbocycles. The van der Waals surface area contributed by atoms with Gasteiger partial charge in [0.2, 0.25) is 11.8 Å². The number of carbonyl (C=O) groups excluding carboxylic acids is 1. The summed E-state index contributed by atoms with van der Waals surface area (Å²) in [5.74, 6) is 1.55. The van der Waals surface area contributed by atoms with Crippen molar-refractivity contribution >= 4 is 5.91 Å². The highest BCUT2D eigenvalue weighted by Gasteiger charge is 2.11. The molecule has 1 aromatic carbocycles. The van der Waals surface area contributed by atoms with Crippen LogP contribution in [-0.4, -0.2) is 34.7 Å². The van der Waals surface area contributed by atoms with Crippen LogP contribution in [0.5, 0.6) is 5.75 Å². The fourth-order valence-corrected chi connectivity index (χ4v) is 2.43. The number of hydrogen-bond acceptors (Lipinski definition) is 6. The fraction of sp³-hybridized carbons (Fsp3) is 0.263. The van der Waals surface area contributed by atoms with Gasteiger partial charge in [-0.25, -0.2) is 0 Å². The van der Waals surface area contributed by atoms with Gasteiger partial charge in [-0.3, -0.25) is 9.78 Å². The molecule has 7 nitrogen and oxygen atoms in total. The van der Waals surface area contributed by atoms with Crippen molar-refractivity contribution < 1.29 is 13.9 Å². The van der Waals surface area contributed by atoms with E-state index in [0.29, 0.717) is 36.9 Å². The Morgan fingerprint density at radius 1 is 1.15 bits per heavy atom. The number of methoxy groups -OCH3 is 1. The lowest BCUT2D eigenvalue weighted by Crippen LogP contribution is -2.25. The third kappa shape index (κ3) is 4.89. The molecular weight excluding hydrogens is 332 g/mol. The number of hydrogen-bond donors (Lipinski definition) is 1. The smallest absolute Gasteiger partial charge is 0.266 e. The van der Waals surface area contributed by atoms with Gasteiger partial charge in [-0.1, -0.05) is 18.2 Å². The quantitative estimate of drug-likeness (QED) is 0.670. The summed E-state index contributed by atoms with van der Waals surface area (Å²) in [7, 11) is 1.64. The standard InChI is InChI=1S/C19H20N4O3/c1-25-15-6-4-5-14(13-15)10-12-21-17(24)8-9-18-22-23-19(26-18)16-7-2-3-11-20-16/h2-7,11,13H,8-10,12H2,1H3,(H,21,24). The van der Waals surface area contributed by atoms with Gasteiger partial charge in [-0.05, 0) is 36.2 Å². The number of nitrogens with one attached hydrogen (secondary N) is 1. The second-order valence-corrected chi connectivity index (χ2v) is 5.67. The van der Waals surface area contributed by atoms with E-state index in [0.717, 1.165) is 17.7 Å². The average Bonchev–Trinajstić information content (AvgIpc) is 3.16. The van der Waals surface area contributed by atoms with Gasteiger partial charge in [0.05, 0.1) is 7.11 Å². The van der Waals surface area contributed by atoms with E-state index in [1.54, 1.807) is 19.4 Å². The first kappa shape index (κ1) is 17.6. The van der Waals surface area contributed by atoms with Gasteiger partial charge < -0.3 is 14.5 Å². The van der Waals surface area contributed by atoms with Crippen LogP contribution in [0.3, 0.4) is 0 Å². The monoisotopic (exact) mass is 352 g/mol. The van der Waals surface area contributed by atoms with Gasteiger partial charge in [0.1, 0.15) is 11.4 Å². The number of benzene rings is 1. The van der Waals surface area contributed by atoms with Crippen LogP contribution in [0.25, 0.3) is 11.6 Å². The van der Waals surface area contributed by atoms with Crippen molar-refractivity contribution in [1.82, 2.24) is 20.5 Å². The Kier molecular flexibility index (Phi) is 5.92. The molecule has 134 valence electrons. The van der Waals surface area contributed by atoms with E-state index >= 15 is 0 Å². The summed E-state index contributed by atoms with van der Waals surface area (Å²) >= 11 is 0. The highest BCUT2D eigenvalue weighted by atomic mass is 16.5. The lowest BCUT2D eigenvalue weighted by molar-refractivity contribution is -0.121. The van der Waals surface area contributed by atoms with E-state index in [1.165, 1.54) is 0 Å². The van der Waals surface area contributed by atoms with Gasteiger partial charge in [0.25, 0.3) is 5.89 Å². The summed E-state index contributed by atoms with van der Waals surface area (Å²) in [4.78, 5) is 16.1. The largest absolute Gasteiger partial charge is 0.497 e. The number of carbonyl (C=O) groups is 1. The van der Waals surface area contributed by atoms with E-state index < -0.39 is 0 Å². The lowest BCUT2D eigenvalue weighted by atomic mass is 10.1. The third-order valence-corrected chi connectivity index (χ3v) is 3.79. The summed E-state index contributed by atoms with van der Waals surface area (Å²) in [6, 6.07) is 13.3. The molecule has 0 fully saturated rings. The molecule has 0 unspecified atom stereocenters. The molecule has 0 atom stereocenters. The molecule has 26 heavy (non-hydrogen) atoms. The van der Waals surface area contributed by atoms with Gasteiger partial charge in [-0.2, -0.15) is 0 Å². The molecule has 0 spiro atoms. The molecule has 3 aromatic rings.